The maximum absolute atomic E-state index is 6.39. The molecule has 18 heavy (non-hydrogen) atoms. The van der Waals surface area contributed by atoms with Crippen LogP contribution in [0.15, 0.2) is 24.3 Å². The lowest BCUT2D eigenvalue weighted by Crippen LogP contribution is -2.55. The summed E-state index contributed by atoms with van der Waals surface area (Å²) < 4.78 is 0. The van der Waals surface area contributed by atoms with Gasteiger partial charge in [-0.3, -0.25) is 0 Å². The summed E-state index contributed by atoms with van der Waals surface area (Å²) in [5.41, 5.74) is 7.53. The lowest BCUT2D eigenvalue weighted by molar-refractivity contribution is 0.0568. The SMILES string of the molecule is CN1CCC(CN)(c2ccccc2Cl)CC1(C)C. The Hall–Kier alpha value is -0.570. The molecule has 0 saturated carbocycles. The van der Waals surface area contributed by atoms with Crippen molar-refractivity contribution in [2.24, 2.45) is 5.73 Å². The molecule has 2 N–H and O–H groups in total. The van der Waals surface area contributed by atoms with Gasteiger partial charge in [0.2, 0.25) is 0 Å². The van der Waals surface area contributed by atoms with E-state index in [0.29, 0.717) is 6.54 Å². The van der Waals surface area contributed by atoms with E-state index in [1.165, 1.54) is 5.56 Å². The lowest BCUT2D eigenvalue weighted by Gasteiger charge is -2.50. The maximum Gasteiger partial charge on any atom is 0.0444 e. The minimum absolute atomic E-state index is 0.0222. The van der Waals surface area contributed by atoms with Gasteiger partial charge < -0.3 is 10.6 Å². The summed E-state index contributed by atoms with van der Waals surface area (Å²) in [6.07, 6.45) is 2.13. The largest absolute Gasteiger partial charge is 0.330 e. The summed E-state index contributed by atoms with van der Waals surface area (Å²) in [5.74, 6) is 0. The van der Waals surface area contributed by atoms with Crippen molar-refractivity contribution in [3.8, 4) is 0 Å². The number of benzene rings is 1. The van der Waals surface area contributed by atoms with E-state index in [-0.39, 0.29) is 11.0 Å². The highest BCUT2D eigenvalue weighted by Crippen LogP contribution is 2.43. The van der Waals surface area contributed by atoms with Crippen LogP contribution < -0.4 is 5.73 Å². The Kier molecular flexibility index (Phi) is 3.72. The Bertz CT molecular complexity index is 430. The molecule has 3 heteroatoms. The van der Waals surface area contributed by atoms with E-state index in [1.54, 1.807) is 0 Å². The van der Waals surface area contributed by atoms with Gasteiger partial charge in [0, 0.05) is 22.5 Å². The standard InChI is InChI=1S/C15H23ClN2/c1-14(2)10-15(11-17,8-9-18(14)3)12-6-4-5-7-13(12)16/h4-7H,8-11,17H2,1-3H3. The minimum Gasteiger partial charge on any atom is -0.330 e. The van der Waals surface area contributed by atoms with E-state index in [1.807, 2.05) is 12.1 Å². The third kappa shape index (κ3) is 2.29. The summed E-state index contributed by atoms with van der Waals surface area (Å²) in [5, 5.41) is 0.850. The van der Waals surface area contributed by atoms with Crippen molar-refractivity contribution < 1.29 is 0 Å². The number of hydrogen-bond donors (Lipinski definition) is 1. The molecule has 2 rings (SSSR count). The fourth-order valence-corrected chi connectivity index (χ4v) is 3.48. The van der Waals surface area contributed by atoms with E-state index in [4.69, 9.17) is 17.3 Å². The van der Waals surface area contributed by atoms with Crippen LogP contribution in [0.2, 0.25) is 5.02 Å². The van der Waals surface area contributed by atoms with Gasteiger partial charge in [0.15, 0.2) is 0 Å². The molecule has 1 aromatic rings. The smallest absolute Gasteiger partial charge is 0.0444 e. The lowest BCUT2D eigenvalue weighted by atomic mass is 9.67. The molecule has 1 fully saturated rings. The van der Waals surface area contributed by atoms with Gasteiger partial charge in [-0.2, -0.15) is 0 Å². The topological polar surface area (TPSA) is 29.3 Å². The van der Waals surface area contributed by atoms with Gasteiger partial charge in [0.1, 0.15) is 0 Å². The Balaban J connectivity index is 2.41. The molecule has 0 bridgehead atoms. The molecule has 1 unspecified atom stereocenters. The number of nitrogens with two attached hydrogens (primary N) is 1. The number of rotatable bonds is 2. The van der Waals surface area contributed by atoms with Gasteiger partial charge in [-0.1, -0.05) is 29.8 Å². The highest BCUT2D eigenvalue weighted by molar-refractivity contribution is 6.31. The van der Waals surface area contributed by atoms with Crippen LogP contribution in [0.25, 0.3) is 0 Å². The fourth-order valence-electron chi connectivity index (χ4n) is 3.14. The zero-order chi connectivity index (χ0) is 13.4. The van der Waals surface area contributed by atoms with E-state index in [0.717, 1.165) is 24.4 Å². The van der Waals surface area contributed by atoms with Crippen LogP contribution in [-0.4, -0.2) is 30.6 Å². The quantitative estimate of drug-likeness (QED) is 0.892. The van der Waals surface area contributed by atoms with Gasteiger partial charge in [0.25, 0.3) is 0 Å². The second-order valence-corrected chi connectivity index (χ2v) is 6.53. The predicted octanol–water partition coefficient (Wildman–Crippen LogP) is 3.04. The van der Waals surface area contributed by atoms with Crippen LogP contribution in [0.4, 0.5) is 0 Å². The average molecular weight is 267 g/mol. The fraction of sp³-hybridized carbons (Fsp3) is 0.600. The molecular formula is C15H23ClN2. The monoisotopic (exact) mass is 266 g/mol. The molecule has 1 aromatic carbocycles. The molecular weight excluding hydrogens is 244 g/mol. The maximum atomic E-state index is 6.39. The van der Waals surface area contributed by atoms with Crippen molar-refractivity contribution in [2.75, 3.05) is 20.1 Å². The van der Waals surface area contributed by atoms with E-state index in [2.05, 4.69) is 37.9 Å². The van der Waals surface area contributed by atoms with Crippen LogP contribution >= 0.6 is 11.6 Å². The summed E-state index contributed by atoms with van der Waals surface area (Å²) in [6.45, 7) is 6.30. The predicted molar refractivity (Wildman–Crippen MR) is 78.1 cm³/mol. The third-order valence-electron chi connectivity index (χ3n) is 4.57. The highest BCUT2D eigenvalue weighted by atomic mass is 35.5. The number of hydrogen-bond acceptors (Lipinski definition) is 2. The Morgan fingerprint density at radius 3 is 2.56 bits per heavy atom. The van der Waals surface area contributed by atoms with Crippen LogP contribution in [0.1, 0.15) is 32.3 Å². The van der Waals surface area contributed by atoms with E-state index < -0.39 is 0 Å². The van der Waals surface area contributed by atoms with Crippen LogP contribution in [0.3, 0.4) is 0 Å². The molecule has 100 valence electrons. The molecule has 1 saturated heterocycles. The molecule has 2 nitrogen and oxygen atoms in total. The Morgan fingerprint density at radius 2 is 2.00 bits per heavy atom. The zero-order valence-electron chi connectivity index (χ0n) is 11.5. The van der Waals surface area contributed by atoms with Crippen molar-refractivity contribution in [2.45, 2.75) is 37.6 Å². The van der Waals surface area contributed by atoms with Gasteiger partial charge in [-0.05, 0) is 51.9 Å². The summed E-state index contributed by atoms with van der Waals surface area (Å²) in [4.78, 5) is 2.41. The molecule has 0 radical (unpaired) electrons. The summed E-state index contributed by atoms with van der Waals surface area (Å²) in [7, 11) is 2.19. The minimum atomic E-state index is 0.0222. The van der Waals surface area contributed by atoms with Crippen molar-refractivity contribution >= 4 is 11.6 Å². The summed E-state index contributed by atoms with van der Waals surface area (Å²) >= 11 is 6.39. The zero-order valence-corrected chi connectivity index (χ0v) is 12.3. The van der Waals surface area contributed by atoms with Crippen LogP contribution in [0, 0.1) is 0 Å². The van der Waals surface area contributed by atoms with Gasteiger partial charge in [-0.15, -0.1) is 0 Å². The van der Waals surface area contributed by atoms with Gasteiger partial charge >= 0.3 is 0 Å². The molecule has 1 aliphatic rings. The Morgan fingerprint density at radius 1 is 1.33 bits per heavy atom. The molecule has 0 aromatic heterocycles. The molecule has 1 atom stereocenters. The number of piperidine rings is 1. The first kappa shape index (κ1) is 13.9. The summed E-state index contributed by atoms with van der Waals surface area (Å²) in [6, 6.07) is 8.15. The van der Waals surface area contributed by atoms with E-state index >= 15 is 0 Å². The number of nitrogens with zero attached hydrogens (tertiary/aromatic N) is 1. The average Bonchev–Trinajstić information content (AvgIpc) is 2.33. The molecule has 0 spiro atoms. The molecule has 1 aliphatic heterocycles. The second-order valence-electron chi connectivity index (χ2n) is 6.13. The molecule has 0 aliphatic carbocycles. The van der Waals surface area contributed by atoms with Crippen molar-refractivity contribution in [1.29, 1.82) is 0 Å². The van der Waals surface area contributed by atoms with Crippen molar-refractivity contribution in [3.05, 3.63) is 34.9 Å². The van der Waals surface area contributed by atoms with Crippen molar-refractivity contribution in [1.82, 2.24) is 4.90 Å². The van der Waals surface area contributed by atoms with E-state index in [9.17, 15) is 0 Å². The first-order chi connectivity index (χ1) is 8.41. The highest BCUT2D eigenvalue weighted by Gasteiger charge is 2.43. The number of likely N-dealkylation sites (tertiary alicyclic amines) is 1. The first-order valence-electron chi connectivity index (χ1n) is 6.58. The van der Waals surface area contributed by atoms with Crippen LogP contribution in [0.5, 0.6) is 0 Å². The molecule has 0 amide bonds. The second kappa shape index (κ2) is 4.84. The first-order valence-corrected chi connectivity index (χ1v) is 6.95. The Labute approximate surface area is 115 Å². The van der Waals surface area contributed by atoms with Gasteiger partial charge in [0.05, 0.1) is 0 Å². The van der Waals surface area contributed by atoms with Crippen molar-refractivity contribution in [3.63, 3.8) is 0 Å². The van der Waals surface area contributed by atoms with Crippen LogP contribution in [-0.2, 0) is 5.41 Å². The molecule has 1 heterocycles. The third-order valence-corrected chi connectivity index (χ3v) is 4.90. The van der Waals surface area contributed by atoms with Gasteiger partial charge in [-0.25, -0.2) is 0 Å². The normalized spacial score (nSPS) is 28.3. The number of halogens is 1.